The zero-order valence-electron chi connectivity index (χ0n) is 47.3. The number of para-hydroxylation sites is 2. The fourth-order valence-electron chi connectivity index (χ4n) is 13.4. The molecule has 0 N–H and O–H groups in total. The molecule has 88 heavy (non-hydrogen) atoms. The van der Waals surface area contributed by atoms with Crippen LogP contribution in [0.25, 0.3) is 174 Å². The van der Waals surface area contributed by atoms with Crippen molar-refractivity contribution in [2.45, 2.75) is 0 Å². The second-order valence-corrected chi connectivity index (χ2v) is 24.7. The zero-order valence-corrected chi connectivity index (χ0v) is 49.0. The van der Waals surface area contributed by atoms with Crippen molar-refractivity contribution < 1.29 is 0 Å². The molecule has 0 saturated carbocycles. The van der Waals surface area contributed by atoms with E-state index in [1.54, 1.807) is 0 Å². The number of benzene rings is 13. The van der Waals surface area contributed by atoms with Crippen LogP contribution in [-0.2, 0) is 0 Å². The number of nitrogens with zero attached hydrogens (tertiary/aromatic N) is 5. The van der Waals surface area contributed by atoms with E-state index in [2.05, 4.69) is 288 Å². The van der Waals surface area contributed by atoms with Crippen LogP contribution in [-0.4, -0.2) is 24.1 Å². The summed E-state index contributed by atoms with van der Waals surface area (Å²) in [5.41, 5.74) is 19.1. The van der Waals surface area contributed by atoms with Crippen LogP contribution in [0, 0.1) is 0 Å². The molecule has 5 nitrogen and oxygen atoms in total. The monoisotopic (exact) mass is 1160 g/mol. The van der Waals surface area contributed by atoms with E-state index in [4.69, 9.17) is 15.0 Å². The Morgan fingerprint density at radius 3 is 1.17 bits per heavy atom. The van der Waals surface area contributed by atoms with Crippen molar-refractivity contribution in [3.8, 4) is 90.0 Å². The predicted molar refractivity (Wildman–Crippen MR) is 372 cm³/mol. The second kappa shape index (κ2) is 20.3. The molecule has 18 aromatic rings. The van der Waals surface area contributed by atoms with Gasteiger partial charge in [0.25, 0.3) is 0 Å². The summed E-state index contributed by atoms with van der Waals surface area (Å²) in [6.07, 6.45) is 0. The SMILES string of the molecule is c1ccc(-c2cc(-c3ccccc3)cc(-c3ccc(-n4c5ccccc5c5c(-c6ccc(-c7nc(-c8ccccc8)nc(-c8ccc(-n9c%10ccccc%10c%10ccc%11c%12ccccc%12sc%11c%109)cc8)n7)cc6)cc6c7ccccc7sc6c54)cc3)c2)cc1. The highest BCUT2D eigenvalue weighted by atomic mass is 32.1. The lowest BCUT2D eigenvalue weighted by Gasteiger charge is -2.13. The van der Waals surface area contributed by atoms with E-state index in [9.17, 15) is 0 Å². The van der Waals surface area contributed by atoms with Gasteiger partial charge in [0.15, 0.2) is 17.5 Å². The molecule has 410 valence electrons. The first-order valence-corrected chi connectivity index (χ1v) is 31.4. The van der Waals surface area contributed by atoms with Crippen molar-refractivity contribution >= 4 is 107 Å². The molecule has 0 radical (unpaired) electrons. The summed E-state index contributed by atoms with van der Waals surface area (Å²) in [5.74, 6) is 1.85. The molecule has 5 heterocycles. The molecule has 0 aliphatic rings. The quantitative estimate of drug-likeness (QED) is 0.145. The van der Waals surface area contributed by atoms with Crippen LogP contribution in [0.1, 0.15) is 0 Å². The van der Waals surface area contributed by atoms with Gasteiger partial charge in [-0.2, -0.15) is 0 Å². The molecule has 0 aliphatic carbocycles. The van der Waals surface area contributed by atoms with Crippen molar-refractivity contribution in [1.29, 1.82) is 0 Å². The maximum atomic E-state index is 5.29. The first kappa shape index (κ1) is 50.3. The normalized spacial score (nSPS) is 11.9. The third kappa shape index (κ3) is 8.16. The maximum Gasteiger partial charge on any atom is 0.164 e. The predicted octanol–water partition coefficient (Wildman–Crippen LogP) is 22.5. The molecule has 5 aromatic heterocycles. The molecule has 0 saturated heterocycles. The first-order chi connectivity index (χ1) is 43.6. The summed E-state index contributed by atoms with van der Waals surface area (Å²) in [6.45, 7) is 0. The van der Waals surface area contributed by atoms with E-state index in [0.717, 1.165) is 44.7 Å². The van der Waals surface area contributed by atoms with Crippen molar-refractivity contribution in [3.05, 3.63) is 297 Å². The fourth-order valence-corrected chi connectivity index (χ4v) is 15.9. The lowest BCUT2D eigenvalue weighted by Crippen LogP contribution is -2.00. The van der Waals surface area contributed by atoms with E-state index < -0.39 is 0 Å². The molecule has 0 amide bonds. The molecule has 0 unspecified atom stereocenters. The Morgan fingerprint density at radius 2 is 0.614 bits per heavy atom. The van der Waals surface area contributed by atoms with Gasteiger partial charge < -0.3 is 9.13 Å². The summed E-state index contributed by atoms with van der Waals surface area (Å²) < 4.78 is 10.0. The lowest BCUT2D eigenvalue weighted by molar-refractivity contribution is 1.07. The van der Waals surface area contributed by atoms with Gasteiger partial charge in [0, 0.05) is 80.6 Å². The minimum Gasteiger partial charge on any atom is -0.308 e. The number of fused-ring (bicyclic) bond motifs is 14. The van der Waals surface area contributed by atoms with Crippen molar-refractivity contribution in [2.24, 2.45) is 0 Å². The average molecular weight is 1160 g/mol. The van der Waals surface area contributed by atoms with Crippen LogP contribution in [0.3, 0.4) is 0 Å². The van der Waals surface area contributed by atoms with Gasteiger partial charge in [-0.15, -0.1) is 22.7 Å². The highest BCUT2D eigenvalue weighted by Crippen LogP contribution is 2.49. The van der Waals surface area contributed by atoms with Gasteiger partial charge in [0.05, 0.1) is 31.5 Å². The third-order valence-electron chi connectivity index (χ3n) is 17.6. The Hall–Kier alpha value is -11.1. The largest absolute Gasteiger partial charge is 0.308 e. The van der Waals surface area contributed by atoms with E-state index in [-0.39, 0.29) is 0 Å². The van der Waals surface area contributed by atoms with Crippen molar-refractivity contribution in [2.75, 3.05) is 0 Å². The number of thiophene rings is 2. The van der Waals surface area contributed by atoms with Gasteiger partial charge >= 0.3 is 0 Å². The summed E-state index contributed by atoms with van der Waals surface area (Å²) >= 11 is 3.74. The van der Waals surface area contributed by atoms with Crippen molar-refractivity contribution in [3.63, 3.8) is 0 Å². The molecule has 18 rings (SSSR count). The minimum atomic E-state index is 0.613. The minimum absolute atomic E-state index is 0.613. The van der Waals surface area contributed by atoms with E-state index >= 15 is 0 Å². The van der Waals surface area contributed by atoms with Gasteiger partial charge in [0.2, 0.25) is 0 Å². The molecule has 0 bridgehead atoms. The van der Waals surface area contributed by atoms with E-state index in [0.29, 0.717) is 17.5 Å². The molecule has 7 heteroatoms. The highest BCUT2D eigenvalue weighted by molar-refractivity contribution is 7.27. The number of hydrogen-bond acceptors (Lipinski definition) is 5. The summed E-state index contributed by atoms with van der Waals surface area (Å²) in [6, 6.07) is 108. The topological polar surface area (TPSA) is 48.5 Å². The van der Waals surface area contributed by atoms with Crippen LogP contribution >= 0.6 is 22.7 Å². The molecular formula is C81H49N5S2. The third-order valence-corrected chi connectivity index (χ3v) is 20.0. The smallest absolute Gasteiger partial charge is 0.164 e. The molecule has 0 aliphatic heterocycles. The molecule has 13 aromatic carbocycles. The molecule has 0 spiro atoms. The van der Waals surface area contributed by atoms with Gasteiger partial charge in [-0.1, -0.05) is 212 Å². The molecular weight excluding hydrogens is 1110 g/mol. The van der Waals surface area contributed by atoms with Gasteiger partial charge in [-0.3, -0.25) is 0 Å². The van der Waals surface area contributed by atoms with Crippen molar-refractivity contribution in [1.82, 2.24) is 24.1 Å². The standard InChI is InChI=1S/C81H49N5S2/c1-4-18-50(19-5-1)57-46-58(51-20-6-2-7-21-51)48-59(47-57)52-36-40-61(41-37-52)86-71-29-15-11-27-67(71)74-68(49-69-64-26-13-17-31-73(64)88-78(69)76(74)86)53-32-34-55(35-33-53)80-82-79(54-22-8-3-9-23-54)83-81(84-80)56-38-42-60(43-39-56)85-70-28-14-10-24-62(70)65-44-45-66-63-25-12-16-30-72(63)87-77(66)75(65)85/h1-49H. The number of hydrogen-bond donors (Lipinski definition) is 0. The van der Waals surface area contributed by atoms with Crippen LogP contribution in [0.2, 0.25) is 0 Å². The Kier molecular flexibility index (Phi) is 11.6. The maximum absolute atomic E-state index is 5.29. The van der Waals surface area contributed by atoms with E-state index in [1.165, 1.54) is 112 Å². The van der Waals surface area contributed by atoms with Gasteiger partial charge in [0.1, 0.15) is 0 Å². The molecule has 0 fully saturated rings. The number of rotatable bonds is 9. The number of aromatic nitrogens is 5. The fraction of sp³-hybridized carbons (Fsp3) is 0. The van der Waals surface area contributed by atoms with Crippen LogP contribution < -0.4 is 0 Å². The van der Waals surface area contributed by atoms with Gasteiger partial charge in [-0.25, -0.2) is 15.0 Å². The van der Waals surface area contributed by atoms with E-state index in [1.807, 2.05) is 40.9 Å². The lowest BCUT2D eigenvalue weighted by atomic mass is 9.93. The van der Waals surface area contributed by atoms with Crippen LogP contribution in [0.5, 0.6) is 0 Å². The summed E-state index contributed by atoms with van der Waals surface area (Å²) in [5, 5.41) is 9.98. The van der Waals surface area contributed by atoms with Gasteiger partial charge in [-0.05, 0) is 129 Å². The average Bonchev–Trinajstić information content (AvgIpc) is 1.70. The van der Waals surface area contributed by atoms with Crippen LogP contribution in [0.15, 0.2) is 297 Å². The Morgan fingerprint density at radius 1 is 0.239 bits per heavy atom. The van der Waals surface area contributed by atoms with Crippen LogP contribution in [0.4, 0.5) is 0 Å². The highest BCUT2D eigenvalue weighted by Gasteiger charge is 2.24. The molecule has 0 atom stereocenters. The Bertz CT molecular complexity index is 5710. The summed E-state index contributed by atoms with van der Waals surface area (Å²) in [7, 11) is 0. The second-order valence-electron chi connectivity index (χ2n) is 22.6. The summed E-state index contributed by atoms with van der Waals surface area (Å²) in [4.78, 5) is 15.7. The Balaban J connectivity index is 0.754. The zero-order chi connectivity index (χ0) is 57.8. The first-order valence-electron chi connectivity index (χ1n) is 29.7. The Labute approximate surface area is 514 Å².